The van der Waals surface area contributed by atoms with Crippen molar-refractivity contribution in [3.05, 3.63) is 35.9 Å². The molecule has 1 aliphatic heterocycles. The molecule has 3 heteroatoms. The molecule has 1 saturated carbocycles. The molecular weight excluding hydrogens is 270 g/mol. The van der Waals surface area contributed by atoms with Gasteiger partial charge in [-0.25, -0.2) is 4.98 Å². The fraction of sp³-hybridized carbons (Fsp3) is 0.632. The Morgan fingerprint density at radius 2 is 1.77 bits per heavy atom. The van der Waals surface area contributed by atoms with Crippen LogP contribution in [0.2, 0.25) is 0 Å². The molecule has 4 rings (SSSR count). The van der Waals surface area contributed by atoms with Crippen LogP contribution in [0.3, 0.4) is 0 Å². The molecule has 0 aromatic carbocycles. The molecule has 1 aliphatic carbocycles. The molecule has 2 aromatic rings. The number of pyridine rings is 1. The lowest BCUT2D eigenvalue weighted by Crippen LogP contribution is -2.29. The van der Waals surface area contributed by atoms with Gasteiger partial charge < -0.3 is 9.72 Å². The molecule has 3 nitrogen and oxygen atoms in total. The fourth-order valence-electron chi connectivity index (χ4n) is 4.30. The zero-order valence-electron chi connectivity index (χ0n) is 13.4. The average Bonchev–Trinajstić information content (AvgIpc) is 2.76. The second-order valence-corrected chi connectivity index (χ2v) is 7.04. The van der Waals surface area contributed by atoms with E-state index in [2.05, 4.69) is 34.1 Å². The van der Waals surface area contributed by atoms with Gasteiger partial charge >= 0.3 is 0 Å². The van der Waals surface area contributed by atoms with E-state index in [0.717, 1.165) is 13.1 Å². The number of hydrogen-bond donors (Lipinski definition) is 1. The number of piperidine rings is 1. The molecule has 118 valence electrons. The first kappa shape index (κ1) is 14.3. The molecule has 1 saturated heterocycles. The summed E-state index contributed by atoms with van der Waals surface area (Å²) >= 11 is 0. The van der Waals surface area contributed by atoms with E-state index in [4.69, 9.17) is 4.98 Å². The maximum atomic E-state index is 5.20. The fourth-order valence-corrected chi connectivity index (χ4v) is 4.30. The summed E-state index contributed by atoms with van der Waals surface area (Å²) in [7, 11) is 0. The predicted molar refractivity (Wildman–Crippen MR) is 90.5 cm³/mol. The molecule has 0 amide bonds. The standard InChI is InChI=1S/C19H27N3/c1-2-4-9-15(8-3-1)18-17-11-5-6-13-22(17)19(21-18)16-10-7-12-20-14-16/h5-6,11,13,15-16,20H,1-4,7-10,12,14H2. The second-order valence-electron chi connectivity index (χ2n) is 7.04. The zero-order valence-corrected chi connectivity index (χ0v) is 13.4. The minimum atomic E-state index is 0.572. The molecule has 0 radical (unpaired) electrons. The van der Waals surface area contributed by atoms with Gasteiger partial charge in [-0.1, -0.05) is 31.7 Å². The Labute approximate surface area is 133 Å². The lowest BCUT2D eigenvalue weighted by atomic mass is 9.96. The SMILES string of the molecule is c1ccn2c(C3CCCNC3)nc(C3CCCCCC3)c2c1. The number of imidazole rings is 1. The van der Waals surface area contributed by atoms with E-state index >= 15 is 0 Å². The number of nitrogens with one attached hydrogen (secondary N) is 1. The van der Waals surface area contributed by atoms with Gasteiger partial charge in [-0.2, -0.15) is 0 Å². The van der Waals surface area contributed by atoms with Crippen LogP contribution >= 0.6 is 0 Å². The van der Waals surface area contributed by atoms with Crippen LogP contribution < -0.4 is 5.32 Å². The second kappa shape index (κ2) is 6.41. The minimum absolute atomic E-state index is 0.572. The van der Waals surface area contributed by atoms with Crippen LogP contribution in [-0.4, -0.2) is 22.5 Å². The summed E-state index contributed by atoms with van der Waals surface area (Å²) in [6, 6.07) is 6.58. The summed E-state index contributed by atoms with van der Waals surface area (Å²) in [6.07, 6.45) is 13.0. The number of hydrogen-bond acceptors (Lipinski definition) is 2. The lowest BCUT2D eigenvalue weighted by molar-refractivity contribution is 0.444. The van der Waals surface area contributed by atoms with E-state index < -0.39 is 0 Å². The van der Waals surface area contributed by atoms with Gasteiger partial charge in [-0.15, -0.1) is 0 Å². The molecule has 2 aromatic heterocycles. The van der Waals surface area contributed by atoms with E-state index in [1.807, 2.05) is 0 Å². The van der Waals surface area contributed by atoms with Crippen molar-refractivity contribution in [1.82, 2.24) is 14.7 Å². The smallest absolute Gasteiger partial charge is 0.117 e. The van der Waals surface area contributed by atoms with Crippen LogP contribution in [0.5, 0.6) is 0 Å². The van der Waals surface area contributed by atoms with Gasteiger partial charge in [0, 0.05) is 24.6 Å². The highest BCUT2D eigenvalue weighted by Crippen LogP contribution is 2.35. The molecule has 1 unspecified atom stereocenters. The Kier molecular flexibility index (Phi) is 4.15. The van der Waals surface area contributed by atoms with E-state index in [1.165, 1.54) is 68.4 Å². The van der Waals surface area contributed by atoms with E-state index in [-0.39, 0.29) is 0 Å². The Morgan fingerprint density at radius 1 is 0.955 bits per heavy atom. The van der Waals surface area contributed by atoms with Crippen molar-refractivity contribution >= 4 is 5.52 Å². The monoisotopic (exact) mass is 297 g/mol. The van der Waals surface area contributed by atoms with Crippen molar-refractivity contribution in [3.8, 4) is 0 Å². The molecule has 2 fully saturated rings. The topological polar surface area (TPSA) is 29.3 Å². The van der Waals surface area contributed by atoms with Crippen LogP contribution in [-0.2, 0) is 0 Å². The number of nitrogens with zero attached hydrogens (tertiary/aromatic N) is 2. The van der Waals surface area contributed by atoms with Gasteiger partial charge in [0.25, 0.3) is 0 Å². The van der Waals surface area contributed by atoms with Gasteiger partial charge in [-0.3, -0.25) is 0 Å². The van der Waals surface area contributed by atoms with Gasteiger partial charge in [-0.05, 0) is 44.4 Å². The Balaban J connectivity index is 1.74. The number of fused-ring (bicyclic) bond motifs is 1. The van der Waals surface area contributed by atoms with Crippen molar-refractivity contribution in [2.24, 2.45) is 0 Å². The quantitative estimate of drug-likeness (QED) is 0.840. The third-order valence-corrected chi connectivity index (χ3v) is 5.51. The van der Waals surface area contributed by atoms with E-state index in [9.17, 15) is 0 Å². The molecule has 0 spiro atoms. The Hall–Kier alpha value is -1.35. The third-order valence-electron chi connectivity index (χ3n) is 5.51. The first-order valence-corrected chi connectivity index (χ1v) is 9.11. The van der Waals surface area contributed by atoms with Crippen molar-refractivity contribution in [2.75, 3.05) is 13.1 Å². The maximum Gasteiger partial charge on any atom is 0.117 e. The van der Waals surface area contributed by atoms with E-state index in [1.54, 1.807) is 0 Å². The van der Waals surface area contributed by atoms with Crippen molar-refractivity contribution in [3.63, 3.8) is 0 Å². The van der Waals surface area contributed by atoms with Gasteiger partial charge in [0.1, 0.15) is 5.82 Å². The highest BCUT2D eigenvalue weighted by Gasteiger charge is 2.25. The molecule has 1 atom stereocenters. The summed E-state index contributed by atoms with van der Waals surface area (Å²) in [5, 5.41) is 3.54. The number of aromatic nitrogens is 2. The Bertz CT molecular complexity index is 617. The summed E-state index contributed by atoms with van der Waals surface area (Å²) < 4.78 is 2.37. The molecule has 1 N–H and O–H groups in total. The summed E-state index contributed by atoms with van der Waals surface area (Å²) in [6.45, 7) is 2.24. The van der Waals surface area contributed by atoms with Crippen LogP contribution in [0.25, 0.3) is 5.52 Å². The van der Waals surface area contributed by atoms with Gasteiger partial charge in [0.15, 0.2) is 0 Å². The summed E-state index contributed by atoms with van der Waals surface area (Å²) in [4.78, 5) is 5.20. The highest BCUT2D eigenvalue weighted by atomic mass is 15.0. The normalized spacial score (nSPS) is 24.5. The first-order chi connectivity index (χ1) is 10.9. The van der Waals surface area contributed by atoms with Crippen molar-refractivity contribution < 1.29 is 0 Å². The van der Waals surface area contributed by atoms with Crippen LogP contribution in [0.1, 0.15) is 74.7 Å². The predicted octanol–water partition coefficient (Wildman–Crippen LogP) is 4.24. The zero-order chi connectivity index (χ0) is 14.8. The summed E-state index contributed by atoms with van der Waals surface area (Å²) in [5.41, 5.74) is 2.73. The number of rotatable bonds is 2. The minimum Gasteiger partial charge on any atom is -0.316 e. The lowest BCUT2D eigenvalue weighted by Gasteiger charge is -2.21. The van der Waals surface area contributed by atoms with Gasteiger partial charge in [0.2, 0.25) is 0 Å². The van der Waals surface area contributed by atoms with Gasteiger partial charge in [0.05, 0.1) is 11.2 Å². The molecule has 22 heavy (non-hydrogen) atoms. The maximum absolute atomic E-state index is 5.20. The van der Waals surface area contributed by atoms with E-state index in [0.29, 0.717) is 11.8 Å². The Morgan fingerprint density at radius 3 is 2.55 bits per heavy atom. The average molecular weight is 297 g/mol. The van der Waals surface area contributed by atoms with Crippen LogP contribution in [0.4, 0.5) is 0 Å². The largest absolute Gasteiger partial charge is 0.316 e. The molecule has 3 heterocycles. The first-order valence-electron chi connectivity index (χ1n) is 9.11. The highest BCUT2D eigenvalue weighted by molar-refractivity contribution is 5.55. The molecule has 2 aliphatic rings. The van der Waals surface area contributed by atoms with Crippen LogP contribution in [0.15, 0.2) is 24.4 Å². The van der Waals surface area contributed by atoms with Crippen LogP contribution in [0, 0.1) is 0 Å². The third kappa shape index (κ3) is 2.67. The molecule has 0 bridgehead atoms. The molecular formula is C19H27N3. The van der Waals surface area contributed by atoms with Crippen molar-refractivity contribution in [1.29, 1.82) is 0 Å². The summed E-state index contributed by atoms with van der Waals surface area (Å²) in [5.74, 6) is 2.54. The van der Waals surface area contributed by atoms with Crippen molar-refractivity contribution in [2.45, 2.75) is 63.2 Å².